The van der Waals surface area contributed by atoms with Crippen LogP contribution in [-0.2, 0) is 10.8 Å². The maximum atomic E-state index is 5.14. The fourth-order valence-electron chi connectivity index (χ4n) is 7.75. The highest BCUT2D eigenvalue weighted by atomic mass is 15.0. The first kappa shape index (κ1) is 28.5. The third kappa shape index (κ3) is 4.24. The number of hydrogen-bond donors (Lipinski definition) is 0. The molecule has 1 aromatic heterocycles. The Labute approximate surface area is 281 Å². The Morgan fingerprint density at radius 2 is 0.958 bits per heavy atom. The zero-order chi connectivity index (χ0) is 32.6. The number of benzene rings is 7. The minimum Gasteiger partial charge on any atom is -0.208 e. The molecule has 0 saturated carbocycles. The molecule has 0 unspecified atom stereocenters. The molecule has 1 aliphatic rings. The molecule has 0 fully saturated rings. The summed E-state index contributed by atoms with van der Waals surface area (Å²) in [5.74, 6) is 2.01. The monoisotopic (exact) mass is 617 g/mol. The second-order valence-corrected chi connectivity index (χ2v) is 14.1. The maximum Gasteiger partial charge on any atom is 0.164 e. The van der Waals surface area contributed by atoms with E-state index in [2.05, 4.69) is 149 Å². The van der Waals surface area contributed by atoms with Crippen LogP contribution >= 0.6 is 0 Å². The van der Waals surface area contributed by atoms with Crippen LogP contribution in [-0.4, -0.2) is 15.0 Å². The fourth-order valence-corrected chi connectivity index (χ4v) is 7.75. The Morgan fingerprint density at radius 1 is 0.396 bits per heavy atom. The van der Waals surface area contributed by atoms with E-state index in [1.807, 2.05) is 18.2 Å². The Hall–Kier alpha value is -5.67. The molecule has 0 atom stereocenters. The molecule has 8 aromatic rings. The van der Waals surface area contributed by atoms with Crippen molar-refractivity contribution in [1.29, 1.82) is 0 Å². The lowest BCUT2D eigenvalue weighted by Gasteiger charge is -2.49. The van der Waals surface area contributed by atoms with Gasteiger partial charge in [0, 0.05) is 22.1 Å². The van der Waals surface area contributed by atoms with Crippen molar-refractivity contribution in [1.82, 2.24) is 15.0 Å². The van der Waals surface area contributed by atoms with E-state index in [1.54, 1.807) is 0 Å². The van der Waals surface area contributed by atoms with Gasteiger partial charge in [-0.15, -0.1) is 0 Å². The van der Waals surface area contributed by atoms with Crippen LogP contribution in [0.15, 0.2) is 140 Å². The van der Waals surface area contributed by atoms with E-state index in [4.69, 9.17) is 15.0 Å². The first-order valence-corrected chi connectivity index (χ1v) is 16.7. The maximum absolute atomic E-state index is 5.14. The highest BCUT2D eigenvalue weighted by molar-refractivity contribution is 6.12. The van der Waals surface area contributed by atoms with Crippen LogP contribution in [0.3, 0.4) is 0 Å². The van der Waals surface area contributed by atoms with Gasteiger partial charge in [-0.1, -0.05) is 155 Å². The number of nitrogens with zero attached hydrogens (tertiary/aromatic N) is 3. The van der Waals surface area contributed by atoms with Crippen LogP contribution < -0.4 is 0 Å². The molecule has 0 spiro atoms. The SMILES string of the molecule is CC1(C)c2ccc(-c3nc(-c4ccccc4)nc(-c4ccc5ccccc5c4)n3)cc2-c2ccc3ccc4ccccc4c3c2C1(C)C. The summed E-state index contributed by atoms with van der Waals surface area (Å²) in [6.07, 6.45) is 0. The molecule has 7 aromatic carbocycles. The molecule has 3 heteroatoms. The van der Waals surface area contributed by atoms with E-state index < -0.39 is 0 Å². The van der Waals surface area contributed by atoms with Crippen LogP contribution in [0.4, 0.5) is 0 Å². The summed E-state index contributed by atoms with van der Waals surface area (Å²) in [5.41, 5.74) is 7.93. The molecule has 0 saturated heterocycles. The lowest BCUT2D eigenvalue weighted by molar-refractivity contribution is 0.301. The van der Waals surface area contributed by atoms with Crippen molar-refractivity contribution >= 4 is 32.3 Å². The van der Waals surface area contributed by atoms with E-state index in [-0.39, 0.29) is 10.8 Å². The van der Waals surface area contributed by atoms with Gasteiger partial charge in [0.15, 0.2) is 17.5 Å². The number of hydrogen-bond acceptors (Lipinski definition) is 3. The van der Waals surface area contributed by atoms with E-state index in [9.17, 15) is 0 Å². The predicted octanol–water partition coefficient (Wildman–Crippen LogP) is 11.6. The van der Waals surface area contributed by atoms with Gasteiger partial charge in [-0.05, 0) is 72.1 Å². The van der Waals surface area contributed by atoms with Crippen LogP contribution in [0.5, 0.6) is 0 Å². The topological polar surface area (TPSA) is 38.7 Å². The van der Waals surface area contributed by atoms with Crippen molar-refractivity contribution in [3.63, 3.8) is 0 Å². The Morgan fingerprint density at radius 3 is 1.73 bits per heavy atom. The van der Waals surface area contributed by atoms with E-state index in [0.29, 0.717) is 17.5 Å². The molecule has 0 amide bonds. The van der Waals surface area contributed by atoms with Gasteiger partial charge in [-0.2, -0.15) is 0 Å². The average molecular weight is 618 g/mol. The molecular weight excluding hydrogens is 583 g/mol. The molecule has 9 rings (SSSR count). The van der Waals surface area contributed by atoms with Crippen molar-refractivity contribution in [2.75, 3.05) is 0 Å². The van der Waals surface area contributed by atoms with Gasteiger partial charge in [0.1, 0.15) is 0 Å². The molecule has 0 bridgehead atoms. The second kappa shape index (κ2) is 10.4. The van der Waals surface area contributed by atoms with Crippen LogP contribution in [0.2, 0.25) is 0 Å². The van der Waals surface area contributed by atoms with Crippen molar-refractivity contribution in [2.45, 2.75) is 38.5 Å². The second-order valence-electron chi connectivity index (χ2n) is 14.1. The first-order chi connectivity index (χ1) is 23.3. The minimum atomic E-state index is -0.135. The van der Waals surface area contributed by atoms with Gasteiger partial charge in [-0.3, -0.25) is 0 Å². The molecule has 1 heterocycles. The summed E-state index contributed by atoms with van der Waals surface area (Å²) in [5, 5.41) is 7.56. The zero-order valence-electron chi connectivity index (χ0n) is 27.6. The van der Waals surface area contributed by atoms with Crippen molar-refractivity contribution in [3.8, 4) is 45.3 Å². The number of fused-ring (bicyclic) bond motifs is 8. The Balaban J connectivity index is 1.29. The molecule has 230 valence electrons. The van der Waals surface area contributed by atoms with E-state index in [1.165, 1.54) is 49.2 Å². The van der Waals surface area contributed by atoms with Crippen molar-refractivity contribution in [3.05, 3.63) is 151 Å². The Bertz CT molecular complexity index is 2560. The third-order valence-electron chi connectivity index (χ3n) is 11.0. The van der Waals surface area contributed by atoms with Crippen LogP contribution in [0.1, 0.15) is 38.8 Å². The van der Waals surface area contributed by atoms with Gasteiger partial charge >= 0.3 is 0 Å². The van der Waals surface area contributed by atoms with Crippen LogP contribution in [0.25, 0.3) is 77.6 Å². The quantitative estimate of drug-likeness (QED) is 0.185. The summed E-state index contributed by atoms with van der Waals surface area (Å²) < 4.78 is 0. The summed E-state index contributed by atoms with van der Waals surface area (Å²) in [7, 11) is 0. The molecule has 3 nitrogen and oxygen atoms in total. The lowest BCUT2D eigenvalue weighted by Crippen LogP contribution is -2.43. The van der Waals surface area contributed by atoms with Gasteiger partial charge in [0.05, 0.1) is 0 Å². The van der Waals surface area contributed by atoms with Crippen molar-refractivity contribution < 1.29 is 0 Å². The van der Waals surface area contributed by atoms with Gasteiger partial charge in [-0.25, -0.2) is 15.0 Å². The Kier molecular flexibility index (Phi) is 6.20. The van der Waals surface area contributed by atoms with E-state index >= 15 is 0 Å². The molecule has 0 radical (unpaired) electrons. The molecule has 0 N–H and O–H groups in total. The normalized spacial score (nSPS) is 14.6. The fraction of sp³-hybridized carbons (Fsp3) is 0.133. The standard InChI is InChI=1S/C45H35N3/c1-44(2)38-25-23-34(27-37(38)36-24-22-30-20-19-29-13-10-11-17-35(29)39(30)40(36)45(44,3)4)43-47-41(31-14-6-5-7-15-31)46-42(48-43)33-21-18-28-12-8-9-16-32(28)26-33/h5-27H,1-4H3. The predicted molar refractivity (Wildman–Crippen MR) is 200 cm³/mol. The van der Waals surface area contributed by atoms with Gasteiger partial charge in [0.2, 0.25) is 0 Å². The van der Waals surface area contributed by atoms with Crippen LogP contribution in [0, 0.1) is 0 Å². The lowest BCUT2D eigenvalue weighted by atomic mass is 9.54. The highest BCUT2D eigenvalue weighted by Gasteiger charge is 2.47. The first-order valence-electron chi connectivity index (χ1n) is 16.7. The highest BCUT2D eigenvalue weighted by Crippen LogP contribution is 2.56. The summed E-state index contributed by atoms with van der Waals surface area (Å²) >= 11 is 0. The smallest absolute Gasteiger partial charge is 0.164 e. The number of aromatic nitrogens is 3. The molecule has 0 aliphatic heterocycles. The number of rotatable bonds is 3. The summed E-state index contributed by atoms with van der Waals surface area (Å²) in [6.45, 7) is 9.62. The molecule has 1 aliphatic carbocycles. The third-order valence-corrected chi connectivity index (χ3v) is 11.0. The minimum absolute atomic E-state index is 0.128. The zero-order valence-corrected chi connectivity index (χ0v) is 27.6. The molecular formula is C45H35N3. The average Bonchev–Trinajstić information content (AvgIpc) is 3.13. The summed E-state index contributed by atoms with van der Waals surface area (Å²) in [4.78, 5) is 15.3. The molecule has 48 heavy (non-hydrogen) atoms. The van der Waals surface area contributed by atoms with Gasteiger partial charge < -0.3 is 0 Å². The summed E-state index contributed by atoms with van der Waals surface area (Å²) in [6, 6.07) is 49.8. The van der Waals surface area contributed by atoms with Crippen molar-refractivity contribution in [2.24, 2.45) is 0 Å². The van der Waals surface area contributed by atoms with E-state index in [0.717, 1.165) is 22.1 Å². The van der Waals surface area contributed by atoms with Gasteiger partial charge in [0.25, 0.3) is 0 Å². The largest absolute Gasteiger partial charge is 0.208 e.